The Hall–Kier alpha value is -1.60. The zero-order valence-electron chi connectivity index (χ0n) is 16.7. The van der Waals surface area contributed by atoms with Crippen LogP contribution in [0.15, 0.2) is 12.2 Å². The van der Waals surface area contributed by atoms with Crippen LogP contribution in [-0.2, 0) is 9.53 Å². The number of carbonyl (C=O) groups is 2. The minimum Gasteiger partial charge on any atom is -0.381 e. The highest BCUT2D eigenvalue weighted by atomic mass is 16.5. The van der Waals surface area contributed by atoms with Gasteiger partial charge in [0.2, 0.25) is 5.91 Å². The average Bonchev–Trinajstić information content (AvgIpc) is 3.37. The zero-order valence-corrected chi connectivity index (χ0v) is 16.7. The lowest BCUT2D eigenvalue weighted by Gasteiger charge is -2.38. The van der Waals surface area contributed by atoms with Crippen molar-refractivity contribution in [2.24, 2.45) is 5.92 Å². The van der Waals surface area contributed by atoms with Crippen molar-refractivity contribution >= 4 is 11.9 Å². The van der Waals surface area contributed by atoms with E-state index in [1.165, 1.54) is 0 Å². The summed E-state index contributed by atoms with van der Waals surface area (Å²) in [5.74, 6) is 0.281. The summed E-state index contributed by atoms with van der Waals surface area (Å²) >= 11 is 0. The third-order valence-corrected chi connectivity index (χ3v) is 5.99. The quantitative estimate of drug-likeness (QED) is 0.708. The third kappa shape index (κ3) is 5.23. The van der Waals surface area contributed by atoms with Crippen LogP contribution in [-0.4, -0.2) is 92.2 Å². The third-order valence-electron chi connectivity index (χ3n) is 5.99. The first kappa shape index (κ1) is 20.1. The first-order valence-corrected chi connectivity index (χ1v) is 10.3. The lowest BCUT2D eigenvalue weighted by molar-refractivity contribution is -0.124. The van der Waals surface area contributed by atoms with Gasteiger partial charge in [0.25, 0.3) is 0 Å². The second-order valence-corrected chi connectivity index (χ2v) is 8.08. The molecule has 1 N–H and O–H groups in total. The van der Waals surface area contributed by atoms with Crippen molar-refractivity contribution in [1.82, 2.24) is 20.0 Å². The number of hydrogen-bond donors (Lipinski definition) is 1. The number of nitrogens with zero attached hydrogens (tertiary/aromatic N) is 3. The number of urea groups is 1. The van der Waals surface area contributed by atoms with Gasteiger partial charge in [-0.2, -0.15) is 0 Å². The summed E-state index contributed by atoms with van der Waals surface area (Å²) in [5.41, 5.74) is 0. The molecule has 1 atom stereocenters. The Morgan fingerprint density at radius 1 is 1.11 bits per heavy atom. The SMILES string of the molecule is CN(C)C(=O)N1CCC(N(CCNC(=O)C2CC=CC2)C2CCOCC2)C1. The molecule has 0 aromatic carbocycles. The smallest absolute Gasteiger partial charge is 0.319 e. The highest BCUT2D eigenvalue weighted by Crippen LogP contribution is 2.23. The summed E-state index contributed by atoms with van der Waals surface area (Å²) in [6.45, 7) is 4.69. The number of hydrogen-bond acceptors (Lipinski definition) is 4. The van der Waals surface area contributed by atoms with E-state index in [4.69, 9.17) is 4.74 Å². The van der Waals surface area contributed by atoms with Crippen molar-refractivity contribution in [3.05, 3.63) is 12.2 Å². The molecule has 1 unspecified atom stereocenters. The van der Waals surface area contributed by atoms with E-state index in [1.54, 1.807) is 19.0 Å². The Morgan fingerprint density at radius 3 is 2.48 bits per heavy atom. The standard InChI is InChI=1S/C20H34N4O3/c1-22(2)20(26)23-11-7-18(15-23)24(17-8-13-27-14-9-17)12-10-21-19(25)16-5-3-4-6-16/h3-4,16-18H,5-15H2,1-2H3,(H,21,25). The molecule has 3 rings (SSSR count). The molecule has 27 heavy (non-hydrogen) atoms. The van der Waals surface area contributed by atoms with Crippen molar-refractivity contribution in [1.29, 1.82) is 0 Å². The van der Waals surface area contributed by atoms with Crippen LogP contribution in [0.3, 0.4) is 0 Å². The number of allylic oxidation sites excluding steroid dienone is 2. The van der Waals surface area contributed by atoms with Gasteiger partial charge >= 0.3 is 6.03 Å². The van der Waals surface area contributed by atoms with E-state index in [0.29, 0.717) is 18.6 Å². The van der Waals surface area contributed by atoms with Gasteiger partial charge in [0.05, 0.1) is 0 Å². The van der Waals surface area contributed by atoms with Crippen molar-refractivity contribution in [2.75, 3.05) is 53.5 Å². The lowest BCUT2D eigenvalue weighted by atomic mass is 10.0. The van der Waals surface area contributed by atoms with Crippen LogP contribution in [0.2, 0.25) is 0 Å². The Kier molecular flexibility index (Phi) is 7.13. The van der Waals surface area contributed by atoms with E-state index in [1.807, 2.05) is 4.90 Å². The second-order valence-electron chi connectivity index (χ2n) is 8.08. The summed E-state index contributed by atoms with van der Waals surface area (Å²) in [6.07, 6.45) is 8.95. The number of amides is 3. The van der Waals surface area contributed by atoms with E-state index < -0.39 is 0 Å². The van der Waals surface area contributed by atoms with E-state index in [0.717, 1.165) is 65.0 Å². The predicted molar refractivity (Wildman–Crippen MR) is 104 cm³/mol. The summed E-state index contributed by atoms with van der Waals surface area (Å²) in [7, 11) is 3.61. The number of likely N-dealkylation sites (tertiary alicyclic amines) is 1. The molecule has 0 aromatic heterocycles. The van der Waals surface area contributed by atoms with Crippen LogP contribution in [0.25, 0.3) is 0 Å². The maximum absolute atomic E-state index is 12.3. The second kappa shape index (κ2) is 9.55. The minimum absolute atomic E-state index is 0.0893. The van der Waals surface area contributed by atoms with Crippen LogP contribution in [0, 0.1) is 5.92 Å². The molecule has 0 saturated carbocycles. The number of rotatable bonds is 6. The van der Waals surface area contributed by atoms with Gasteiger partial charge in [0.1, 0.15) is 0 Å². The van der Waals surface area contributed by atoms with Crippen molar-refractivity contribution in [3.8, 4) is 0 Å². The topological polar surface area (TPSA) is 65.1 Å². The molecule has 3 aliphatic rings. The molecule has 0 aromatic rings. The average molecular weight is 379 g/mol. The molecule has 0 bridgehead atoms. The maximum Gasteiger partial charge on any atom is 0.319 e. The molecule has 7 nitrogen and oxygen atoms in total. The van der Waals surface area contributed by atoms with Gasteiger partial charge in [-0.3, -0.25) is 9.69 Å². The normalized spacial score (nSPS) is 24.0. The highest BCUT2D eigenvalue weighted by Gasteiger charge is 2.35. The van der Waals surface area contributed by atoms with E-state index >= 15 is 0 Å². The van der Waals surface area contributed by atoms with Crippen LogP contribution < -0.4 is 5.32 Å². The molecule has 2 saturated heterocycles. The molecule has 2 aliphatic heterocycles. The van der Waals surface area contributed by atoms with E-state index in [2.05, 4.69) is 22.4 Å². The molecular weight excluding hydrogens is 344 g/mol. The summed E-state index contributed by atoms with van der Waals surface area (Å²) < 4.78 is 5.54. The van der Waals surface area contributed by atoms with Gasteiger partial charge in [-0.25, -0.2) is 4.79 Å². The molecule has 3 amide bonds. The highest BCUT2D eigenvalue weighted by molar-refractivity contribution is 5.79. The van der Waals surface area contributed by atoms with Crippen LogP contribution in [0.4, 0.5) is 4.79 Å². The summed E-state index contributed by atoms with van der Waals surface area (Å²) in [6, 6.07) is 0.928. The summed E-state index contributed by atoms with van der Waals surface area (Å²) in [5, 5.41) is 3.13. The van der Waals surface area contributed by atoms with Crippen molar-refractivity contribution < 1.29 is 14.3 Å². The number of ether oxygens (including phenoxy) is 1. The number of nitrogens with one attached hydrogen (secondary N) is 1. The molecule has 2 fully saturated rings. The first-order valence-electron chi connectivity index (χ1n) is 10.3. The Labute approximate surface area is 162 Å². The van der Waals surface area contributed by atoms with Gasteiger partial charge in [-0.05, 0) is 32.1 Å². The molecule has 2 heterocycles. The lowest BCUT2D eigenvalue weighted by Crippen LogP contribution is -2.50. The fourth-order valence-corrected chi connectivity index (χ4v) is 4.43. The monoisotopic (exact) mass is 378 g/mol. The Morgan fingerprint density at radius 2 is 1.81 bits per heavy atom. The Balaban J connectivity index is 1.54. The maximum atomic E-state index is 12.3. The van der Waals surface area contributed by atoms with Crippen molar-refractivity contribution in [2.45, 2.75) is 44.2 Å². The largest absolute Gasteiger partial charge is 0.381 e. The van der Waals surface area contributed by atoms with Gasteiger partial charge in [-0.1, -0.05) is 12.2 Å². The fourth-order valence-electron chi connectivity index (χ4n) is 4.43. The molecule has 7 heteroatoms. The molecule has 1 aliphatic carbocycles. The van der Waals surface area contributed by atoms with Gasteiger partial charge in [0, 0.05) is 71.5 Å². The van der Waals surface area contributed by atoms with Crippen LogP contribution in [0.1, 0.15) is 32.1 Å². The van der Waals surface area contributed by atoms with Gasteiger partial charge in [0.15, 0.2) is 0 Å². The summed E-state index contributed by atoms with van der Waals surface area (Å²) in [4.78, 5) is 30.7. The molecular formula is C20H34N4O3. The Bertz CT molecular complexity index is 537. The molecule has 152 valence electrons. The predicted octanol–water partition coefficient (Wildman–Crippen LogP) is 1.31. The van der Waals surface area contributed by atoms with E-state index in [9.17, 15) is 9.59 Å². The molecule has 0 spiro atoms. The molecule has 0 radical (unpaired) electrons. The van der Waals surface area contributed by atoms with Crippen molar-refractivity contribution in [3.63, 3.8) is 0 Å². The zero-order chi connectivity index (χ0) is 19.2. The first-order chi connectivity index (χ1) is 13.1. The van der Waals surface area contributed by atoms with Crippen LogP contribution >= 0.6 is 0 Å². The number of carbonyl (C=O) groups excluding carboxylic acids is 2. The van der Waals surface area contributed by atoms with E-state index in [-0.39, 0.29) is 17.9 Å². The van der Waals surface area contributed by atoms with Gasteiger partial charge < -0.3 is 19.9 Å². The fraction of sp³-hybridized carbons (Fsp3) is 0.800. The minimum atomic E-state index is 0.0893. The van der Waals surface area contributed by atoms with Gasteiger partial charge in [-0.15, -0.1) is 0 Å². The van der Waals surface area contributed by atoms with Crippen LogP contribution in [0.5, 0.6) is 0 Å².